The highest BCUT2D eigenvalue weighted by Gasteiger charge is 1.76. The van der Waals surface area contributed by atoms with E-state index in [1.165, 1.54) is 0 Å². The lowest BCUT2D eigenvalue weighted by molar-refractivity contribution is 1.26. The highest BCUT2D eigenvalue weighted by atomic mass is 32.1. The maximum Gasteiger partial charge on any atom is 0.107 e. The molecule has 0 atom stereocenters. The van der Waals surface area contributed by atoms with Crippen molar-refractivity contribution in [3.8, 4) is 0 Å². The predicted octanol–water partition coefficient (Wildman–Crippen LogP) is 0.598. The van der Waals surface area contributed by atoms with Crippen LogP contribution in [0.5, 0.6) is 0 Å². The van der Waals surface area contributed by atoms with Gasteiger partial charge in [-0.2, -0.15) is 0 Å². The maximum absolute atomic E-state index is 5.15. The van der Waals surface area contributed by atoms with Gasteiger partial charge in [-0.05, 0) is 12.8 Å². The van der Waals surface area contributed by atoms with E-state index in [0.29, 0.717) is 5.84 Å². The van der Waals surface area contributed by atoms with E-state index in [1.54, 1.807) is 0 Å². The first-order valence-corrected chi connectivity index (χ1v) is 2.17. The molecule has 0 saturated heterocycles. The van der Waals surface area contributed by atoms with Gasteiger partial charge < -0.3 is 5.73 Å². The van der Waals surface area contributed by atoms with Crippen molar-refractivity contribution in [1.29, 1.82) is 0 Å². The van der Waals surface area contributed by atoms with Gasteiger partial charge in [-0.3, -0.25) is 0 Å². The molecular weight excluding hydrogens is 96.1 g/mol. The third-order valence-corrected chi connectivity index (χ3v) is 0.748. The van der Waals surface area contributed by atoms with Gasteiger partial charge in [0.25, 0.3) is 0 Å². The van der Waals surface area contributed by atoms with Crippen molar-refractivity contribution in [2.24, 2.45) is 10.1 Å². The van der Waals surface area contributed by atoms with Crippen molar-refractivity contribution >= 4 is 18.7 Å². The standard InChI is InChI=1S/C3H8N2S/c1-2-3(4)5-6/h6H,2H2,1H3,(H2,4,5). The Morgan fingerprint density at radius 1 is 2.00 bits per heavy atom. The lowest BCUT2D eigenvalue weighted by Crippen LogP contribution is -2.07. The Morgan fingerprint density at radius 2 is 2.50 bits per heavy atom. The fourth-order valence-corrected chi connectivity index (χ4v) is 0.212. The predicted molar refractivity (Wildman–Crippen MR) is 30.9 cm³/mol. The number of hydrogen-bond donors (Lipinski definition) is 2. The smallest absolute Gasteiger partial charge is 0.107 e. The van der Waals surface area contributed by atoms with Crippen LogP contribution >= 0.6 is 12.8 Å². The molecule has 0 spiro atoms. The van der Waals surface area contributed by atoms with E-state index < -0.39 is 0 Å². The second kappa shape index (κ2) is 3.03. The summed E-state index contributed by atoms with van der Waals surface area (Å²) in [6.07, 6.45) is 0.781. The van der Waals surface area contributed by atoms with E-state index in [2.05, 4.69) is 17.2 Å². The Labute approximate surface area is 43.0 Å². The molecule has 3 heteroatoms. The highest BCUT2D eigenvalue weighted by molar-refractivity contribution is 7.79. The van der Waals surface area contributed by atoms with Gasteiger partial charge in [0, 0.05) is 6.42 Å². The minimum atomic E-state index is 0.582. The first kappa shape index (κ1) is 5.82. The highest BCUT2D eigenvalue weighted by Crippen LogP contribution is 1.78. The first-order chi connectivity index (χ1) is 2.81. The normalized spacial score (nSPS) is 12.0. The molecule has 0 heterocycles. The van der Waals surface area contributed by atoms with Crippen LogP contribution in [0.1, 0.15) is 13.3 Å². The van der Waals surface area contributed by atoms with Crippen molar-refractivity contribution in [3.05, 3.63) is 0 Å². The molecule has 0 unspecified atom stereocenters. The van der Waals surface area contributed by atoms with Crippen LogP contribution in [0.25, 0.3) is 0 Å². The fraction of sp³-hybridized carbons (Fsp3) is 0.667. The third kappa shape index (κ3) is 2.08. The number of hydrogen-bond acceptors (Lipinski definition) is 2. The van der Waals surface area contributed by atoms with E-state index in [1.807, 2.05) is 6.92 Å². The van der Waals surface area contributed by atoms with Gasteiger partial charge in [-0.25, -0.2) is 4.40 Å². The van der Waals surface area contributed by atoms with Crippen molar-refractivity contribution < 1.29 is 0 Å². The van der Waals surface area contributed by atoms with E-state index >= 15 is 0 Å². The van der Waals surface area contributed by atoms with E-state index in [4.69, 9.17) is 5.73 Å². The summed E-state index contributed by atoms with van der Waals surface area (Å²) >= 11 is 3.56. The van der Waals surface area contributed by atoms with Crippen LogP contribution in [0.2, 0.25) is 0 Å². The molecule has 2 N–H and O–H groups in total. The van der Waals surface area contributed by atoms with Gasteiger partial charge in [0.15, 0.2) is 0 Å². The van der Waals surface area contributed by atoms with Crippen LogP contribution in [-0.2, 0) is 0 Å². The molecule has 0 aliphatic carbocycles. The van der Waals surface area contributed by atoms with Gasteiger partial charge in [0.05, 0.1) is 0 Å². The fourth-order valence-electron chi connectivity index (χ4n) is 0.0707. The van der Waals surface area contributed by atoms with E-state index in [-0.39, 0.29) is 0 Å². The van der Waals surface area contributed by atoms with Gasteiger partial charge in [-0.1, -0.05) is 6.92 Å². The second-order valence-electron chi connectivity index (χ2n) is 0.945. The SMILES string of the molecule is CCC(N)=NS. The molecule has 0 aliphatic rings. The van der Waals surface area contributed by atoms with Gasteiger partial charge >= 0.3 is 0 Å². The Morgan fingerprint density at radius 3 is 2.50 bits per heavy atom. The monoisotopic (exact) mass is 104 g/mol. The number of rotatable bonds is 1. The average molecular weight is 104 g/mol. The Balaban J connectivity index is 3.22. The molecule has 0 fully saturated rings. The van der Waals surface area contributed by atoms with Crippen molar-refractivity contribution in [2.45, 2.75) is 13.3 Å². The second-order valence-corrected chi connectivity index (χ2v) is 1.14. The summed E-state index contributed by atoms with van der Waals surface area (Å²) in [5.41, 5.74) is 5.15. The third-order valence-electron chi connectivity index (χ3n) is 0.491. The molecule has 0 saturated carbocycles. The van der Waals surface area contributed by atoms with Crippen molar-refractivity contribution in [1.82, 2.24) is 0 Å². The molecule has 2 nitrogen and oxygen atoms in total. The molecule has 0 aromatic carbocycles. The zero-order chi connectivity index (χ0) is 4.99. The summed E-state index contributed by atoms with van der Waals surface area (Å²) < 4.78 is 3.40. The molecule has 0 aromatic heterocycles. The van der Waals surface area contributed by atoms with Crippen LogP contribution in [0.4, 0.5) is 0 Å². The van der Waals surface area contributed by atoms with Crippen molar-refractivity contribution in [2.75, 3.05) is 0 Å². The number of thiol groups is 1. The molecule has 0 radical (unpaired) electrons. The van der Waals surface area contributed by atoms with Crippen LogP contribution in [0, 0.1) is 0 Å². The minimum Gasteiger partial charge on any atom is -0.387 e. The molecule has 0 aromatic rings. The molecule has 0 amide bonds. The minimum absolute atomic E-state index is 0.582. The molecule has 0 bridgehead atoms. The maximum atomic E-state index is 5.15. The summed E-state index contributed by atoms with van der Waals surface area (Å²) in [6, 6.07) is 0. The molecule has 0 rings (SSSR count). The van der Waals surface area contributed by atoms with Gasteiger partial charge in [-0.15, -0.1) is 0 Å². The van der Waals surface area contributed by atoms with Crippen LogP contribution in [0.15, 0.2) is 4.40 Å². The number of nitrogens with zero attached hydrogens (tertiary/aromatic N) is 1. The number of nitrogens with two attached hydrogens (primary N) is 1. The Bertz CT molecular complexity index is 59.8. The summed E-state index contributed by atoms with van der Waals surface area (Å²) in [6.45, 7) is 1.93. The zero-order valence-corrected chi connectivity index (χ0v) is 4.57. The van der Waals surface area contributed by atoms with Crippen LogP contribution in [-0.4, -0.2) is 5.84 Å². The lowest BCUT2D eigenvalue weighted by atomic mass is 10.5. The Hall–Kier alpha value is -0.180. The average Bonchev–Trinajstić information content (AvgIpc) is 1.65. The van der Waals surface area contributed by atoms with Gasteiger partial charge in [0.2, 0.25) is 0 Å². The van der Waals surface area contributed by atoms with E-state index in [9.17, 15) is 0 Å². The first-order valence-electron chi connectivity index (χ1n) is 1.77. The lowest BCUT2D eigenvalue weighted by Gasteiger charge is -1.83. The topological polar surface area (TPSA) is 38.4 Å². The molecular formula is C3H8N2S. The van der Waals surface area contributed by atoms with Crippen molar-refractivity contribution in [3.63, 3.8) is 0 Å². The molecule has 0 aliphatic heterocycles. The number of amidine groups is 1. The van der Waals surface area contributed by atoms with E-state index in [0.717, 1.165) is 6.42 Å². The van der Waals surface area contributed by atoms with Crippen LogP contribution < -0.4 is 5.73 Å². The largest absolute Gasteiger partial charge is 0.387 e. The quantitative estimate of drug-likeness (QED) is 0.285. The van der Waals surface area contributed by atoms with Gasteiger partial charge in [0.1, 0.15) is 5.84 Å². The summed E-state index contributed by atoms with van der Waals surface area (Å²) in [5, 5.41) is 0. The zero-order valence-electron chi connectivity index (χ0n) is 3.68. The Kier molecular flexibility index (Phi) is 2.94. The molecule has 36 valence electrons. The summed E-state index contributed by atoms with van der Waals surface area (Å²) in [4.78, 5) is 0. The summed E-state index contributed by atoms with van der Waals surface area (Å²) in [5.74, 6) is 0.582. The molecule has 6 heavy (non-hydrogen) atoms. The summed E-state index contributed by atoms with van der Waals surface area (Å²) in [7, 11) is 0. The van der Waals surface area contributed by atoms with Crippen LogP contribution in [0.3, 0.4) is 0 Å².